The molecule has 1 aliphatic carbocycles. The van der Waals surface area contributed by atoms with Crippen LogP contribution >= 0.6 is 11.8 Å². The first-order chi connectivity index (χ1) is 14.7. The summed E-state index contributed by atoms with van der Waals surface area (Å²) >= 11 is 6.20. The van der Waals surface area contributed by atoms with Crippen LogP contribution in [0.3, 0.4) is 0 Å². The first kappa shape index (κ1) is 23.6. The minimum absolute atomic E-state index is 0.203. The molecule has 1 aromatic heterocycles. The van der Waals surface area contributed by atoms with E-state index >= 15 is 0 Å². The lowest BCUT2D eigenvalue weighted by Crippen LogP contribution is -2.51. The summed E-state index contributed by atoms with van der Waals surface area (Å²) in [6.45, 7) is 11.6. The molecular formula is C22H33ClN4O4. The highest BCUT2D eigenvalue weighted by Crippen LogP contribution is 2.34. The second kappa shape index (κ2) is 10.0. The molecule has 31 heavy (non-hydrogen) atoms. The summed E-state index contributed by atoms with van der Waals surface area (Å²) in [5, 5.41) is 4.24. The van der Waals surface area contributed by atoms with Gasteiger partial charge in [0.05, 0.1) is 37.1 Å². The number of aromatic nitrogens is 2. The fourth-order valence-corrected chi connectivity index (χ4v) is 3.70. The van der Waals surface area contributed by atoms with Gasteiger partial charge in [-0.25, -0.2) is 4.79 Å². The van der Waals surface area contributed by atoms with Crippen molar-refractivity contribution in [3.8, 4) is 0 Å². The molecule has 2 aliphatic rings. The Morgan fingerprint density at radius 3 is 2.77 bits per heavy atom. The van der Waals surface area contributed by atoms with E-state index in [4.69, 9.17) is 21.3 Å². The van der Waals surface area contributed by atoms with Crippen molar-refractivity contribution in [1.82, 2.24) is 19.1 Å². The molecule has 1 atom stereocenters. The van der Waals surface area contributed by atoms with Crippen molar-refractivity contribution < 1.29 is 19.1 Å². The Morgan fingerprint density at radius 1 is 1.35 bits per heavy atom. The fourth-order valence-electron chi connectivity index (χ4n) is 3.48. The number of halogens is 1. The van der Waals surface area contributed by atoms with Crippen LogP contribution in [0.4, 0.5) is 4.79 Å². The van der Waals surface area contributed by atoms with Gasteiger partial charge >= 0.3 is 6.09 Å². The molecule has 2 amide bonds. The molecule has 0 spiro atoms. The van der Waals surface area contributed by atoms with Crippen molar-refractivity contribution in [2.24, 2.45) is 0 Å². The van der Waals surface area contributed by atoms with Crippen molar-refractivity contribution in [3.63, 3.8) is 0 Å². The molecule has 0 bridgehead atoms. The predicted molar refractivity (Wildman–Crippen MR) is 118 cm³/mol. The zero-order valence-electron chi connectivity index (χ0n) is 18.7. The van der Waals surface area contributed by atoms with E-state index in [1.807, 2.05) is 25.5 Å². The van der Waals surface area contributed by atoms with Crippen molar-refractivity contribution in [1.29, 1.82) is 0 Å². The SMILES string of the molecule is C=C(CCCCN(Cl)C(=O)c1cnn(C2CC2)c1)[C@@H]1COCCN1C(=O)OC(C)(C)C. The number of carbonyl (C=O) groups excluding carboxylic acids is 2. The molecule has 0 N–H and O–H groups in total. The highest BCUT2D eigenvalue weighted by atomic mass is 35.5. The third kappa shape index (κ3) is 6.71. The Bertz CT molecular complexity index is 800. The highest BCUT2D eigenvalue weighted by molar-refractivity contribution is 6.23. The smallest absolute Gasteiger partial charge is 0.410 e. The van der Waals surface area contributed by atoms with Gasteiger partial charge in [0.1, 0.15) is 5.60 Å². The van der Waals surface area contributed by atoms with Gasteiger partial charge in [0.25, 0.3) is 5.91 Å². The predicted octanol–water partition coefficient (Wildman–Crippen LogP) is 4.18. The molecule has 3 rings (SSSR count). The molecule has 8 nitrogen and oxygen atoms in total. The number of nitrogens with zero attached hydrogens (tertiary/aromatic N) is 4. The molecule has 1 aromatic rings. The summed E-state index contributed by atoms with van der Waals surface area (Å²) in [4.78, 5) is 26.7. The van der Waals surface area contributed by atoms with Crippen LogP contribution in [0.25, 0.3) is 0 Å². The number of morpholine rings is 1. The molecule has 172 valence electrons. The maximum atomic E-state index is 12.5. The van der Waals surface area contributed by atoms with Crippen molar-refractivity contribution in [2.45, 2.75) is 70.6 Å². The fraction of sp³-hybridized carbons (Fsp3) is 0.682. The summed E-state index contributed by atoms with van der Waals surface area (Å²) in [5.74, 6) is -0.232. The Labute approximate surface area is 189 Å². The Balaban J connectivity index is 1.42. The van der Waals surface area contributed by atoms with Gasteiger partial charge in [-0.15, -0.1) is 0 Å². The lowest BCUT2D eigenvalue weighted by Gasteiger charge is -2.37. The van der Waals surface area contributed by atoms with Crippen molar-refractivity contribution in [3.05, 3.63) is 30.1 Å². The van der Waals surface area contributed by atoms with E-state index in [1.54, 1.807) is 17.3 Å². The topological polar surface area (TPSA) is 76.9 Å². The largest absolute Gasteiger partial charge is 0.444 e. The first-order valence-electron chi connectivity index (χ1n) is 10.9. The van der Waals surface area contributed by atoms with Gasteiger partial charge in [-0.2, -0.15) is 5.10 Å². The van der Waals surface area contributed by atoms with Crippen LogP contribution in [0.5, 0.6) is 0 Å². The number of hydrogen-bond donors (Lipinski definition) is 0. The average molecular weight is 453 g/mol. The van der Waals surface area contributed by atoms with Crippen LogP contribution < -0.4 is 0 Å². The number of rotatable bonds is 8. The Hall–Kier alpha value is -2.06. The van der Waals surface area contributed by atoms with E-state index in [1.165, 1.54) is 4.42 Å². The van der Waals surface area contributed by atoms with E-state index < -0.39 is 5.60 Å². The highest BCUT2D eigenvalue weighted by Gasteiger charge is 2.32. The van der Waals surface area contributed by atoms with Crippen LogP contribution in [0.1, 0.15) is 69.3 Å². The Morgan fingerprint density at radius 2 is 2.10 bits per heavy atom. The molecular weight excluding hydrogens is 420 g/mol. The molecule has 0 unspecified atom stereocenters. The molecule has 0 aromatic carbocycles. The van der Waals surface area contributed by atoms with Gasteiger partial charge < -0.3 is 9.47 Å². The molecule has 2 heterocycles. The number of carbonyl (C=O) groups is 2. The van der Waals surface area contributed by atoms with Crippen molar-refractivity contribution >= 4 is 23.8 Å². The summed E-state index contributed by atoms with van der Waals surface area (Å²) < 4.78 is 14.1. The second-order valence-electron chi connectivity index (χ2n) is 9.21. The molecule has 9 heteroatoms. The summed E-state index contributed by atoms with van der Waals surface area (Å²) in [6, 6.07) is 0.228. The lowest BCUT2D eigenvalue weighted by atomic mass is 10.0. The zero-order valence-corrected chi connectivity index (χ0v) is 19.4. The first-order valence-corrected chi connectivity index (χ1v) is 11.3. The van der Waals surface area contributed by atoms with Gasteiger partial charge in [0.2, 0.25) is 0 Å². The number of amides is 2. The van der Waals surface area contributed by atoms with Gasteiger partial charge in [-0.1, -0.05) is 12.2 Å². The standard InChI is InChI=1S/C22H33ClN4O4/c1-16(19-15-30-12-11-25(19)21(29)31-22(2,3)4)7-5-6-10-26(23)20(28)17-13-24-27(14-17)18-8-9-18/h13-14,18-19H,1,5-12,15H2,2-4H3/t19-/m0/s1. The molecule has 1 aliphatic heterocycles. The van der Waals surface area contributed by atoms with Gasteiger partial charge in [0.15, 0.2) is 0 Å². The lowest BCUT2D eigenvalue weighted by molar-refractivity contribution is -0.0246. The van der Waals surface area contributed by atoms with E-state index in [9.17, 15) is 9.59 Å². The summed E-state index contributed by atoms with van der Waals surface area (Å²) in [5.41, 5.74) is 0.884. The van der Waals surface area contributed by atoms with E-state index in [0.717, 1.165) is 31.3 Å². The van der Waals surface area contributed by atoms with E-state index in [-0.39, 0.29) is 18.0 Å². The number of ether oxygens (including phenoxy) is 2. The third-order valence-electron chi connectivity index (χ3n) is 5.32. The monoisotopic (exact) mass is 452 g/mol. The second-order valence-corrected chi connectivity index (χ2v) is 9.62. The van der Waals surface area contributed by atoms with Crippen LogP contribution in [0.2, 0.25) is 0 Å². The number of unbranched alkanes of at least 4 members (excludes halogenated alkanes) is 1. The van der Waals surface area contributed by atoms with Crippen LogP contribution in [-0.2, 0) is 9.47 Å². The molecule has 0 radical (unpaired) electrons. The summed E-state index contributed by atoms with van der Waals surface area (Å²) in [6.07, 6.45) is 7.47. The quantitative estimate of drug-likeness (QED) is 0.336. The molecule has 2 fully saturated rings. The maximum absolute atomic E-state index is 12.5. The third-order valence-corrected chi connectivity index (χ3v) is 5.64. The Kier molecular flexibility index (Phi) is 7.64. The van der Waals surface area contributed by atoms with E-state index in [2.05, 4.69) is 11.7 Å². The van der Waals surface area contributed by atoms with Gasteiger partial charge in [-0.3, -0.25) is 18.8 Å². The molecule has 1 saturated carbocycles. The van der Waals surface area contributed by atoms with Crippen molar-refractivity contribution in [2.75, 3.05) is 26.3 Å². The van der Waals surface area contributed by atoms with Crippen LogP contribution in [0.15, 0.2) is 24.5 Å². The zero-order chi connectivity index (χ0) is 22.6. The minimum atomic E-state index is -0.549. The summed E-state index contributed by atoms with van der Waals surface area (Å²) in [7, 11) is 0. The maximum Gasteiger partial charge on any atom is 0.410 e. The van der Waals surface area contributed by atoms with Gasteiger partial charge in [0, 0.05) is 31.1 Å². The average Bonchev–Trinajstić information content (AvgIpc) is 3.45. The van der Waals surface area contributed by atoms with Crippen LogP contribution in [0, 0.1) is 0 Å². The van der Waals surface area contributed by atoms with Crippen LogP contribution in [-0.4, -0.2) is 69.0 Å². The minimum Gasteiger partial charge on any atom is -0.444 e. The molecule has 1 saturated heterocycles. The van der Waals surface area contributed by atoms with Gasteiger partial charge in [-0.05, 0) is 52.9 Å². The van der Waals surface area contributed by atoms with E-state index in [0.29, 0.717) is 44.3 Å². The number of hydrogen-bond acceptors (Lipinski definition) is 5. The normalized spacial score (nSPS) is 19.2.